The fourth-order valence-electron chi connectivity index (χ4n) is 1.37. The first-order valence-electron chi connectivity index (χ1n) is 5.02. The van der Waals surface area contributed by atoms with Crippen LogP contribution in [-0.4, -0.2) is 29.4 Å². The molecule has 0 N–H and O–H groups in total. The minimum absolute atomic E-state index is 0.707. The molecular formula is C10H22BrN. The first-order valence-corrected chi connectivity index (χ1v) is 6.14. The van der Waals surface area contributed by atoms with Crippen molar-refractivity contribution in [3.8, 4) is 0 Å². The van der Waals surface area contributed by atoms with E-state index in [1.54, 1.807) is 0 Å². The zero-order valence-corrected chi connectivity index (χ0v) is 10.2. The first kappa shape index (κ1) is 12.4. The van der Waals surface area contributed by atoms with Crippen LogP contribution in [0.25, 0.3) is 0 Å². The summed E-state index contributed by atoms with van der Waals surface area (Å²) in [5.74, 6) is 0. The van der Waals surface area contributed by atoms with E-state index in [-0.39, 0.29) is 0 Å². The summed E-state index contributed by atoms with van der Waals surface area (Å²) in [5, 5.41) is 1.15. The van der Waals surface area contributed by atoms with Crippen molar-refractivity contribution < 1.29 is 0 Å². The summed E-state index contributed by atoms with van der Waals surface area (Å²) in [7, 11) is 0. The predicted molar refractivity (Wildman–Crippen MR) is 60.0 cm³/mol. The lowest BCUT2D eigenvalue weighted by molar-refractivity contribution is 0.229. The van der Waals surface area contributed by atoms with Crippen molar-refractivity contribution in [2.24, 2.45) is 0 Å². The molecule has 0 bridgehead atoms. The van der Waals surface area contributed by atoms with Gasteiger partial charge >= 0.3 is 0 Å². The monoisotopic (exact) mass is 235 g/mol. The quantitative estimate of drug-likeness (QED) is 0.484. The van der Waals surface area contributed by atoms with Gasteiger partial charge in [-0.2, -0.15) is 0 Å². The highest BCUT2D eigenvalue weighted by Crippen LogP contribution is 2.03. The van der Waals surface area contributed by atoms with Crippen molar-refractivity contribution >= 4 is 15.9 Å². The Morgan fingerprint density at radius 1 is 1.17 bits per heavy atom. The Morgan fingerprint density at radius 3 is 2.25 bits per heavy atom. The minimum atomic E-state index is 0.707. The van der Waals surface area contributed by atoms with Crippen LogP contribution in [-0.2, 0) is 0 Å². The summed E-state index contributed by atoms with van der Waals surface area (Å²) in [6.07, 6.45) is 4.02. The van der Waals surface area contributed by atoms with Gasteiger partial charge in [-0.1, -0.05) is 29.3 Å². The smallest absolute Gasteiger partial charge is 0.00384 e. The summed E-state index contributed by atoms with van der Waals surface area (Å²) in [5.41, 5.74) is 0. The number of alkyl halides is 1. The number of rotatable bonds is 7. The zero-order chi connectivity index (χ0) is 9.40. The summed E-state index contributed by atoms with van der Waals surface area (Å²) in [4.78, 5) is 2.52. The number of hydrogen-bond donors (Lipinski definition) is 0. The van der Waals surface area contributed by atoms with E-state index >= 15 is 0 Å². The molecule has 0 fully saturated rings. The Balaban J connectivity index is 3.32. The average Bonchev–Trinajstić information content (AvgIpc) is 2.04. The Labute approximate surface area is 85.7 Å². The van der Waals surface area contributed by atoms with E-state index in [0.717, 1.165) is 5.33 Å². The normalized spacial score (nSPS) is 11.5. The molecule has 0 amide bonds. The van der Waals surface area contributed by atoms with Crippen LogP contribution in [0, 0.1) is 0 Å². The third-order valence-electron chi connectivity index (χ3n) is 2.22. The molecule has 0 aliphatic carbocycles. The molecule has 74 valence electrons. The summed E-state index contributed by atoms with van der Waals surface area (Å²) in [6.45, 7) is 9.24. The van der Waals surface area contributed by atoms with Gasteiger partial charge in [0.2, 0.25) is 0 Å². The van der Waals surface area contributed by atoms with Crippen LogP contribution >= 0.6 is 15.9 Å². The van der Waals surface area contributed by atoms with Gasteiger partial charge in [-0.15, -0.1) is 0 Å². The second-order valence-corrected chi connectivity index (χ2v) is 4.26. The molecule has 1 nitrogen and oxygen atoms in total. The molecule has 0 unspecified atom stereocenters. The van der Waals surface area contributed by atoms with Crippen LogP contribution < -0.4 is 0 Å². The van der Waals surface area contributed by atoms with Crippen LogP contribution in [0.5, 0.6) is 0 Å². The molecule has 0 radical (unpaired) electrons. The summed E-state index contributed by atoms with van der Waals surface area (Å²) >= 11 is 3.45. The third-order valence-corrected chi connectivity index (χ3v) is 2.78. The highest BCUT2D eigenvalue weighted by molar-refractivity contribution is 9.09. The van der Waals surface area contributed by atoms with Crippen LogP contribution in [0.2, 0.25) is 0 Å². The van der Waals surface area contributed by atoms with Gasteiger partial charge in [0.05, 0.1) is 0 Å². The van der Waals surface area contributed by atoms with Crippen molar-refractivity contribution in [3.63, 3.8) is 0 Å². The van der Waals surface area contributed by atoms with Gasteiger partial charge in [0.1, 0.15) is 0 Å². The topological polar surface area (TPSA) is 3.24 Å². The van der Waals surface area contributed by atoms with Crippen LogP contribution in [0.15, 0.2) is 0 Å². The lowest BCUT2D eigenvalue weighted by atomic mass is 10.2. The number of halogens is 1. The second kappa shape index (κ2) is 8.06. The fraction of sp³-hybridized carbons (Fsp3) is 1.00. The molecule has 12 heavy (non-hydrogen) atoms. The lowest BCUT2D eigenvalue weighted by Gasteiger charge is -2.24. The molecule has 0 heterocycles. The average molecular weight is 236 g/mol. The van der Waals surface area contributed by atoms with Crippen molar-refractivity contribution in [2.75, 3.05) is 18.4 Å². The molecule has 0 aliphatic heterocycles. The molecule has 0 aromatic carbocycles. The standard InChI is InChI=1S/C10H22BrN/c1-4-12(10(2)3)9-7-5-6-8-11/h10H,4-9H2,1-3H3. The molecule has 0 spiro atoms. The maximum atomic E-state index is 3.45. The van der Waals surface area contributed by atoms with Gasteiger partial charge in [0.15, 0.2) is 0 Å². The molecule has 0 aliphatic rings. The third kappa shape index (κ3) is 6.01. The van der Waals surface area contributed by atoms with Crippen molar-refractivity contribution in [1.82, 2.24) is 4.90 Å². The van der Waals surface area contributed by atoms with Crippen LogP contribution in [0.3, 0.4) is 0 Å². The lowest BCUT2D eigenvalue weighted by Crippen LogP contribution is -2.31. The molecule has 0 aromatic rings. The van der Waals surface area contributed by atoms with Gasteiger partial charge in [-0.3, -0.25) is 0 Å². The van der Waals surface area contributed by atoms with E-state index in [0.29, 0.717) is 6.04 Å². The highest BCUT2D eigenvalue weighted by Gasteiger charge is 2.04. The van der Waals surface area contributed by atoms with E-state index in [4.69, 9.17) is 0 Å². The maximum Gasteiger partial charge on any atom is 0.00384 e. The van der Waals surface area contributed by atoms with E-state index in [2.05, 4.69) is 41.6 Å². The van der Waals surface area contributed by atoms with Gasteiger partial charge in [0.25, 0.3) is 0 Å². The van der Waals surface area contributed by atoms with E-state index in [9.17, 15) is 0 Å². The van der Waals surface area contributed by atoms with E-state index in [1.165, 1.54) is 32.4 Å². The Hall–Kier alpha value is 0.440. The van der Waals surface area contributed by atoms with Gasteiger partial charge in [-0.05, 0) is 39.8 Å². The Bertz CT molecular complexity index is 93.8. The fourth-order valence-corrected chi connectivity index (χ4v) is 1.76. The molecule has 0 aromatic heterocycles. The van der Waals surface area contributed by atoms with Crippen molar-refractivity contribution in [3.05, 3.63) is 0 Å². The molecular weight excluding hydrogens is 214 g/mol. The van der Waals surface area contributed by atoms with Crippen molar-refractivity contribution in [2.45, 2.75) is 46.1 Å². The first-order chi connectivity index (χ1) is 5.72. The second-order valence-electron chi connectivity index (χ2n) is 3.47. The number of hydrogen-bond acceptors (Lipinski definition) is 1. The molecule has 0 saturated heterocycles. The Kier molecular flexibility index (Phi) is 8.35. The maximum absolute atomic E-state index is 3.45. The summed E-state index contributed by atoms with van der Waals surface area (Å²) in [6, 6.07) is 0.707. The summed E-state index contributed by atoms with van der Waals surface area (Å²) < 4.78 is 0. The number of nitrogens with zero attached hydrogens (tertiary/aromatic N) is 1. The van der Waals surface area contributed by atoms with Crippen LogP contribution in [0.1, 0.15) is 40.0 Å². The van der Waals surface area contributed by atoms with Gasteiger partial charge in [0, 0.05) is 11.4 Å². The Morgan fingerprint density at radius 2 is 1.83 bits per heavy atom. The van der Waals surface area contributed by atoms with Crippen molar-refractivity contribution in [1.29, 1.82) is 0 Å². The number of unbranched alkanes of at least 4 members (excludes halogenated alkanes) is 2. The predicted octanol–water partition coefficient (Wildman–Crippen LogP) is 3.28. The minimum Gasteiger partial charge on any atom is -0.301 e. The van der Waals surface area contributed by atoms with E-state index < -0.39 is 0 Å². The molecule has 0 saturated carbocycles. The highest BCUT2D eigenvalue weighted by atomic mass is 79.9. The molecule has 0 rings (SSSR count). The van der Waals surface area contributed by atoms with Crippen LogP contribution in [0.4, 0.5) is 0 Å². The van der Waals surface area contributed by atoms with Gasteiger partial charge in [-0.25, -0.2) is 0 Å². The zero-order valence-electron chi connectivity index (χ0n) is 8.65. The molecule has 2 heteroatoms. The van der Waals surface area contributed by atoms with Gasteiger partial charge < -0.3 is 4.90 Å². The largest absolute Gasteiger partial charge is 0.301 e. The SMILES string of the molecule is CCN(CCCCCBr)C(C)C. The van der Waals surface area contributed by atoms with E-state index in [1.807, 2.05) is 0 Å². The molecule has 0 atom stereocenters.